The monoisotopic (exact) mass is 898 g/mol. The normalized spacial score (nSPS) is 13.4. The summed E-state index contributed by atoms with van der Waals surface area (Å²) in [5.74, 6) is -2.46. The number of imidazole rings is 2. The molecular weight excluding hydrogens is 848 g/mol. The summed E-state index contributed by atoms with van der Waals surface area (Å²) in [5, 5.41) is 10.7. The van der Waals surface area contributed by atoms with Crippen LogP contribution in [0.25, 0.3) is 22.1 Å². The highest BCUT2D eigenvalue weighted by molar-refractivity contribution is 7.98. The van der Waals surface area contributed by atoms with Gasteiger partial charge in [-0.1, -0.05) is 25.5 Å². The third-order valence-corrected chi connectivity index (χ3v) is 12.6. The fourth-order valence-corrected chi connectivity index (χ4v) is 9.34. The van der Waals surface area contributed by atoms with Crippen molar-refractivity contribution < 1.29 is 28.3 Å². The maximum Gasteiger partial charge on any atom is 0.279 e. The number of hydrogen-bond acceptors (Lipinski definition) is 12. The Balaban J connectivity index is 1.26. The second-order valence-corrected chi connectivity index (χ2v) is 17.2. The fourth-order valence-electron chi connectivity index (χ4n) is 7.78. The first kappa shape index (κ1) is 44.9. The molecule has 4 amide bonds. The number of amides is 4. The summed E-state index contributed by atoms with van der Waals surface area (Å²) in [6.07, 6.45) is 10.5. The Kier molecular flexibility index (Phi) is 13.9. The minimum absolute atomic E-state index is 0.0848. The van der Waals surface area contributed by atoms with Crippen LogP contribution in [0.15, 0.2) is 41.3 Å². The SMILES string of the molecule is CCc1nc(C)sc1C(=O)Nc1nc2cc(C(N)=O)cc(OCCCN3CCCCC3)c2n1C/C=C/Cn1c(NC(=O)c2c(F)c(C)nn2CC)nc2cc(C(N)=O)cc(SC)c21. The molecule has 5 heterocycles. The number of ether oxygens (including phenoxy) is 1. The highest BCUT2D eigenvalue weighted by Gasteiger charge is 2.26. The van der Waals surface area contributed by atoms with Gasteiger partial charge < -0.3 is 30.2 Å². The van der Waals surface area contributed by atoms with Gasteiger partial charge in [-0.25, -0.2) is 19.3 Å². The summed E-state index contributed by atoms with van der Waals surface area (Å²) < 4.78 is 26.5. The average molecular weight is 899 g/mol. The topological polar surface area (TPSA) is 223 Å². The van der Waals surface area contributed by atoms with Gasteiger partial charge in [0.25, 0.3) is 11.8 Å². The Morgan fingerprint density at radius 3 is 2.11 bits per heavy atom. The zero-order valence-electron chi connectivity index (χ0n) is 35.9. The number of carbonyl (C=O) groups excluding carboxylic acids is 4. The molecule has 1 aliphatic rings. The van der Waals surface area contributed by atoms with Crippen LogP contribution in [0.1, 0.15) is 96.8 Å². The zero-order chi connectivity index (χ0) is 44.9. The van der Waals surface area contributed by atoms with Gasteiger partial charge in [-0.2, -0.15) is 5.10 Å². The lowest BCUT2D eigenvalue weighted by atomic mass is 10.1. The number of nitrogens with one attached hydrogen (secondary N) is 2. The molecule has 0 atom stereocenters. The molecule has 0 unspecified atom stereocenters. The number of hydrogen-bond donors (Lipinski definition) is 4. The predicted octanol–water partition coefficient (Wildman–Crippen LogP) is 6.31. The molecule has 17 nitrogen and oxygen atoms in total. The molecule has 0 aliphatic carbocycles. The molecule has 63 heavy (non-hydrogen) atoms. The molecular formula is C43H51FN12O5S2. The van der Waals surface area contributed by atoms with Gasteiger partial charge in [0, 0.05) is 42.2 Å². The number of halogens is 1. The summed E-state index contributed by atoms with van der Waals surface area (Å²) in [4.78, 5) is 70.0. The van der Waals surface area contributed by atoms with E-state index in [9.17, 15) is 19.2 Å². The molecule has 20 heteroatoms. The van der Waals surface area contributed by atoms with Gasteiger partial charge in [-0.15, -0.1) is 23.1 Å². The van der Waals surface area contributed by atoms with E-state index in [0.717, 1.165) is 31.1 Å². The Labute approximate surface area is 371 Å². The molecule has 0 bridgehead atoms. The number of fused-ring (bicyclic) bond motifs is 2. The van der Waals surface area contributed by atoms with Crippen LogP contribution in [-0.2, 0) is 26.1 Å². The minimum atomic E-state index is -0.747. The molecule has 6 N–H and O–H groups in total. The van der Waals surface area contributed by atoms with Gasteiger partial charge in [0.1, 0.15) is 16.1 Å². The van der Waals surface area contributed by atoms with E-state index in [2.05, 4.69) is 30.6 Å². The van der Waals surface area contributed by atoms with Crippen molar-refractivity contribution in [2.45, 2.75) is 84.3 Å². The van der Waals surface area contributed by atoms with E-state index < -0.39 is 23.5 Å². The first-order valence-electron chi connectivity index (χ1n) is 20.9. The average Bonchev–Trinajstić information content (AvgIpc) is 4.01. The molecule has 0 spiro atoms. The number of anilines is 2. The lowest BCUT2D eigenvalue weighted by Gasteiger charge is -2.26. The number of carbonyl (C=O) groups is 4. The van der Waals surface area contributed by atoms with Gasteiger partial charge in [0.2, 0.25) is 23.7 Å². The van der Waals surface area contributed by atoms with E-state index in [-0.39, 0.29) is 60.0 Å². The van der Waals surface area contributed by atoms with Crippen LogP contribution in [0.3, 0.4) is 0 Å². The first-order chi connectivity index (χ1) is 30.3. The van der Waals surface area contributed by atoms with E-state index in [1.54, 1.807) is 40.3 Å². The summed E-state index contributed by atoms with van der Waals surface area (Å²) in [5.41, 5.74) is 14.4. The van der Waals surface area contributed by atoms with Crippen molar-refractivity contribution in [3.63, 3.8) is 0 Å². The van der Waals surface area contributed by atoms with Crippen molar-refractivity contribution in [1.82, 2.24) is 38.8 Å². The second kappa shape index (κ2) is 19.5. The van der Waals surface area contributed by atoms with Crippen molar-refractivity contribution in [1.29, 1.82) is 0 Å². The summed E-state index contributed by atoms with van der Waals surface area (Å²) >= 11 is 2.66. The largest absolute Gasteiger partial charge is 0.491 e. The number of aromatic nitrogens is 7. The van der Waals surface area contributed by atoms with Gasteiger partial charge >= 0.3 is 0 Å². The minimum Gasteiger partial charge on any atom is -0.491 e. The Morgan fingerprint density at radius 1 is 0.873 bits per heavy atom. The molecule has 4 aromatic heterocycles. The number of benzene rings is 2. The number of allylic oxidation sites excluding steroid dienone is 2. The Bertz CT molecular complexity index is 2750. The molecule has 6 aromatic rings. The second-order valence-electron chi connectivity index (χ2n) is 15.1. The number of piperidine rings is 1. The fraction of sp³-hybridized carbons (Fsp3) is 0.395. The Hall–Kier alpha value is -6.12. The van der Waals surface area contributed by atoms with Gasteiger partial charge in [0.15, 0.2) is 11.5 Å². The first-order valence-corrected chi connectivity index (χ1v) is 22.9. The molecule has 332 valence electrons. The van der Waals surface area contributed by atoms with Crippen LogP contribution in [0.2, 0.25) is 0 Å². The summed E-state index contributed by atoms with van der Waals surface area (Å²) in [7, 11) is 0. The van der Waals surface area contributed by atoms with Crippen LogP contribution < -0.4 is 26.8 Å². The van der Waals surface area contributed by atoms with Gasteiger partial charge in [-0.05, 0) is 90.1 Å². The number of nitrogens with two attached hydrogens (primary N) is 2. The number of rotatable bonds is 18. The van der Waals surface area contributed by atoms with Gasteiger partial charge in [0.05, 0.1) is 39.6 Å². The zero-order valence-corrected chi connectivity index (χ0v) is 37.6. The van der Waals surface area contributed by atoms with Crippen molar-refractivity contribution in [2.24, 2.45) is 11.5 Å². The number of likely N-dealkylation sites (tertiary alicyclic amines) is 1. The standard InChI is InChI=1S/C43H51FN12O5S2/c1-6-28-37(63-25(4)47-28)41(60)51-43-48-29-20-26(38(45)57)22-31(61-19-13-16-53-14-9-8-10-15-53)34(29)54(43)17-11-12-18-55-35-30(21-27(39(46)58)23-32(35)62-5)49-42(55)50-40(59)36-33(44)24(3)52-56(36)7-2/h11-12,20-23H,6-10,13-19H2,1-5H3,(H2,45,57)(H2,46,58)(H,48,51,60)(H,49,50,59)/b12-11+. The third-order valence-electron chi connectivity index (χ3n) is 10.8. The van der Waals surface area contributed by atoms with Crippen LogP contribution >= 0.6 is 23.1 Å². The van der Waals surface area contributed by atoms with Crippen molar-refractivity contribution in [3.8, 4) is 5.75 Å². The lowest BCUT2D eigenvalue weighted by Crippen LogP contribution is -2.31. The quantitative estimate of drug-likeness (QED) is 0.0425. The molecule has 2 aromatic carbocycles. The molecule has 1 saturated heterocycles. The molecule has 7 rings (SSSR count). The van der Waals surface area contributed by atoms with E-state index in [1.165, 1.54) is 54.0 Å². The molecule has 1 aliphatic heterocycles. The van der Waals surface area contributed by atoms with E-state index in [4.69, 9.17) is 21.2 Å². The van der Waals surface area contributed by atoms with Crippen molar-refractivity contribution in [2.75, 3.05) is 43.1 Å². The van der Waals surface area contributed by atoms with E-state index >= 15 is 4.39 Å². The Morgan fingerprint density at radius 2 is 1.49 bits per heavy atom. The molecule has 0 radical (unpaired) electrons. The maximum absolute atomic E-state index is 15.2. The van der Waals surface area contributed by atoms with Crippen molar-refractivity contribution in [3.05, 3.63) is 80.3 Å². The summed E-state index contributed by atoms with van der Waals surface area (Å²) in [6.45, 7) is 11.0. The number of aryl methyl sites for hydroxylation is 4. The van der Waals surface area contributed by atoms with Gasteiger partial charge in [-0.3, -0.25) is 34.5 Å². The van der Waals surface area contributed by atoms with Crippen molar-refractivity contribution >= 4 is 80.7 Å². The van der Waals surface area contributed by atoms with Crippen LogP contribution in [-0.4, -0.2) is 94.9 Å². The summed E-state index contributed by atoms with van der Waals surface area (Å²) in [6, 6.07) is 6.39. The van der Waals surface area contributed by atoms with E-state index in [1.807, 2.05) is 32.3 Å². The number of thioether (sulfide) groups is 1. The predicted molar refractivity (Wildman–Crippen MR) is 243 cm³/mol. The smallest absolute Gasteiger partial charge is 0.279 e. The van der Waals surface area contributed by atoms with Crippen LogP contribution in [0.5, 0.6) is 5.75 Å². The highest BCUT2D eigenvalue weighted by Crippen LogP contribution is 2.34. The van der Waals surface area contributed by atoms with Crippen LogP contribution in [0.4, 0.5) is 16.3 Å². The lowest BCUT2D eigenvalue weighted by molar-refractivity contribution is 0.0991. The number of thiazole rings is 1. The molecule has 1 fully saturated rings. The third kappa shape index (κ3) is 9.62. The number of nitrogens with zero attached hydrogens (tertiary/aromatic N) is 8. The number of primary amides is 2. The maximum atomic E-state index is 15.2. The van der Waals surface area contributed by atoms with E-state index in [0.29, 0.717) is 56.3 Å². The highest BCUT2D eigenvalue weighted by atomic mass is 32.2. The van der Waals surface area contributed by atoms with Crippen LogP contribution in [0, 0.1) is 19.7 Å². The molecule has 0 saturated carbocycles.